The van der Waals surface area contributed by atoms with Crippen molar-refractivity contribution in [3.63, 3.8) is 0 Å². The molecule has 1 heterocycles. The maximum atomic E-state index is 13.2. The monoisotopic (exact) mass is 315 g/mol. The molecule has 1 N–H and O–H groups in total. The number of carbonyl (C=O) groups is 2. The molecular weight excluding hydrogens is 301 g/mol. The van der Waals surface area contributed by atoms with Crippen LogP contribution in [0.5, 0.6) is 11.5 Å². The van der Waals surface area contributed by atoms with E-state index in [1.165, 1.54) is 31.2 Å². The molecule has 0 atom stereocenters. The minimum absolute atomic E-state index is 0.161. The molecule has 6 heteroatoms. The van der Waals surface area contributed by atoms with Gasteiger partial charge in [0.25, 0.3) is 5.91 Å². The fourth-order valence-electron chi connectivity index (χ4n) is 2.31. The standard InChI is InChI=1S/C17H14FNO4/c1-10(20)13-8-15-16(23-6-5-22-15)9-14(13)19-17(21)11-3-2-4-12(18)7-11/h2-4,7-9H,5-6H2,1H3,(H,19,21). The van der Waals surface area contributed by atoms with Crippen molar-refractivity contribution in [3.8, 4) is 11.5 Å². The lowest BCUT2D eigenvalue weighted by Gasteiger charge is -2.20. The Hall–Kier alpha value is -2.89. The third-order valence-electron chi connectivity index (χ3n) is 3.40. The number of Topliss-reactive ketones (excluding diaryl/α,β-unsaturated/α-hetero) is 1. The highest BCUT2D eigenvalue weighted by Gasteiger charge is 2.19. The molecule has 0 unspecified atom stereocenters. The van der Waals surface area contributed by atoms with Crippen LogP contribution in [0.2, 0.25) is 0 Å². The van der Waals surface area contributed by atoms with Crippen LogP contribution in [-0.4, -0.2) is 24.9 Å². The Bertz CT molecular complexity index is 788. The first-order chi connectivity index (χ1) is 11.0. The highest BCUT2D eigenvalue weighted by molar-refractivity contribution is 6.09. The van der Waals surface area contributed by atoms with E-state index in [4.69, 9.17) is 9.47 Å². The number of carbonyl (C=O) groups excluding carboxylic acids is 2. The summed E-state index contributed by atoms with van der Waals surface area (Å²) in [5, 5.41) is 2.62. The number of fused-ring (bicyclic) bond motifs is 1. The zero-order valence-electron chi connectivity index (χ0n) is 12.4. The molecule has 1 aliphatic rings. The Kier molecular flexibility index (Phi) is 3.97. The number of hydrogen-bond acceptors (Lipinski definition) is 4. The van der Waals surface area contributed by atoms with Crippen molar-refractivity contribution in [3.05, 3.63) is 53.3 Å². The highest BCUT2D eigenvalue weighted by atomic mass is 19.1. The molecule has 0 saturated heterocycles. The molecule has 0 bridgehead atoms. The summed E-state index contributed by atoms with van der Waals surface area (Å²) in [5.74, 6) is -0.326. The van der Waals surface area contributed by atoms with Gasteiger partial charge in [-0.05, 0) is 31.2 Å². The predicted molar refractivity (Wildman–Crippen MR) is 81.8 cm³/mol. The largest absolute Gasteiger partial charge is 0.486 e. The molecule has 1 aliphatic heterocycles. The third-order valence-corrected chi connectivity index (χ3v) is 3.40. The Labute approximate surface area is 132 Å². The van der Waals surface area contributed by atoms with Crippen LogP contribution in [-0.2, 0) is 0 Å². The average molecular weight is 315 g/mol. The van der Waals surface area contributed by atoms with E-state index in [2.05, 4.69) is 5.32 Å². The highest BCUT2D eigenvalue weighted by Crippen LogP contribution is 2.36. The van der Waals surface area contributed by atoms with Gasteiger partial charge < -0.3 is 14.8 Å². The second-order valence-electron chi connectivity index (χ2n) is 5.06. The van der Waals surface area contributed by atoms with Crippen LogP contribution in [0.4, 0.5) is 10.1 Å². The summed E-state index contributed by atoms with van der Waals surface area (Å²) in [6.07, 6.45) is 0. The Balaban J connectivity index is 1.95. The SMILES string of the molecule is CC(=O)c1cc2c(cc1NC(=O)c1cccc(F)c1)OCCO2. The Morgan fingerprint density at radius 3 is 2.43 bits per heavy atom. The first-order valence-electron chi connectivity index (χ1n) is 7.06. The van der Waals surface area contributed by atoms with Crippen LogP contribution in [0.3, 0.4) is 0 Å². The summed E-state index contributed by atoms with van der Waals surface area (Å²) in [7, 11) is 0. The minimum atomic E-state index is -0.510. The van der Waals surface area contributed by atoms with Crippen LogP contribution >= 0.6 is 0 Å². The molecule has 0 saturated carbocycles. The van der Waals surface area contributed by atoms with Crippen LogP contribution < -0.4 is 14.8 Å². The fraction of sp³-hybridized carbons (Fsp3) is 0.176. The lowest BCUT2D eigenvalue weighted by Crippen LogP contribution is -2.18. The number of benzene rings is 2. The number of hydrogen-bond donors (Lipinski definition) is 1. The molecule has 23 heavy (non-hydrogen) atoms. The van der Waals surface area contributed by atoms with Gasteiger partial charge in [-0.25, -0.2) is 4.39 Å². The van der Waals surface area contributed by atoms with Crippen molar-refractivity contribution < 1.29 is 23.5 Å². The van der Waals surface area contributed by atoms with Gasteiger partial charge in [-0.2, -0.15) is 0 Å². The van der Waals surface area contributed by atoms with Crippen molar-refractivity contribution in [2.45, 2.75) is 6.92 Å². The maximum absolute atomic E-state index is 13.2. The van der Waals surface area contributed by atoms with E-state index in [0.717, 1.165) is 6.07 Å². The molecule has 5 nitrogen and oxygen atoms in total. The van der Waals surface area contributed by atoms with E-state index in [0.29, 0.717) is 36.0 Å². The van der Waals surface area contributed by atoms with Gasteiger partial charge in [-0.1, -0.05) is 6.07 Å². The number of rotatable bonds is 3. The smallest absolute Gasteiger partial charge is 0.255 e. The summed E-state index contributed by atoms with van der Waals surface area (Å²) < 4.78 is 24.1. The minimum Gasteiger partial charge on any atom is -0.486 e. The van der Waals surface area contributed by atoms with Crippen molar-refractivity contribution >= 4 is 17.4 Å². The normalized spacial score (nSPS) is 12.6. The van der Waals surface area contributed by atoms with Crippen LogP contribution in [0.15, 0.2) is 36.4 Å². The maximum Gasteiger partial charge on any atom is 0.255 e. The average Bonchev–Trinajstić information content (AvgIpc) is 2.54. The topological polar surface area (TPSA) is 64.6 Å². The second-order valence-corrected chi connectivity index (χ2v) is 5.06. The van der Waals surface area contributed by atoms with E-state index in [1.54, 1.807) is 6.07 Å². The number of amides is 1. The van der Waals surface area contributed by atoms with Crippen molar-refractivity contribution in [2.75, 3.05) is 18.5 Å². The van der Waals surface area contributed by atoms with E-state index >= 15 is 0 Å². The van der Waals surface area contributed by atoms with Gasteiger partial charge in [0.2, 0.25) is 0 Å². The van der Waals surface area contributed by atoms with Gasteiger partial charge in [0.1, 0.15) is 19.0 Å². The van der Waals surface area contributed by atoms with Gasteiger partial charge in [0.05, 0.1) is 5.69 Å². The molecule has 0 aliphatic carbocycles. The van der Waals surface area contributed by atoms with E-state index < -0.39 is 11.7 Å². The summed E-state index contributed by atoms with van der Waals surface area (Å²) in [6.45, 7) is 2.19. The van der Waals surface area contributed by atoms with E-state index in [1.807, 2.05) is 0 Å². The molecule has 118 valence electrons. The van der Waals surface area contributed by atoms with Gasteiger partial charge in [-0.15, -0.1) is 0 Å². The van der Waals surface area contributed by atoms with Crippen molar-refractivity contribution in [1.29, 1.82) is 0 Å². The number of halogens is 1. The fourth-order valence-corrected chi connectivity index (χ4v) is 2.31. The quantitative estimate of drug-likeness (QED) is 0.884. The van der Waals surface area contributed by atoms with Crippen LogP contribution in [0.25, 0.3) is 0 Å². The van der Waals surface area contributed by atoms with E-state index in [9.17, 15) is 14.0 Å². The van der Waals surface area contributed by atoms with Crippen molar-refractivity contribution in [2.24, 2.45) is 0 Å². The predicted octanol–water partition coefficient (Wildman–Crippen LogP) is 3.05. The van der Waals surface area contributed by atoms with Gasteiger partial charge in [0, 0.05) is 17.2 Å². The molecule has 0 fully saturated rings. The number of ketones is 1. The molecule has 3 rings (SSSR count). The van der Waals surface area contributed by atoms with Gasteiger partial charge >= 0.3 is 0 Å². The van der Waals surface area contributed by atoms with Crippen molar-refractivity contribution in [1.82, 2.24) is 0 Å². The number of ether oxygens (including phenoxy) is 2. The molecule has 0 aromatic heterocycles. The summed E-state index contributed by atoms with van der Waals surface area (Å²) in [6, 6.07) is 8.40. The van der Waals surface area contributed by atoms with Crippen LogP contribution in [0.1, 0.15) is 27.6 Å². The Morgan fingerprint density at radius 1 is 1.09 bits per heavy atom. The molecule has 2 aromatic rings. The summed E-state index contributed by atoms with van der Waals surface area (Å²) in [4.78, 5) is 24.1. The van der Waals surface area contributed by atoms with E-state index in [-0.39, 0.29) is 11.3 Å². The summed E-state index contributed by atoms with van der Waals surface area (Å²) in [5.41, 5.74) is 0.768. The zero-order valence-corrected chi connectivity index (χ0v) is 12.4. The molecular formula is C17H14FNO4. The zero-order chi connectivity index (χ0) is 16.4. The first kappa shape index (κ1) is 15.0. The summed E-state index contributed by atoms with van der Waals surface area (Å²) >= 11 is 0. The third kappa shape index (κ3) is 3.15. The van der Waals surface area contributed by atoms with Crippen LogP contribution in [0, 0.1) is 5.82 Å². The lowest BCUT2D eigenvalue weighted by molar-refractivity contribution is 0.101. The van der Waals surface area contributed by atoms with Gasteiger partial charge in [-0.3, -0.25) is 9.59 Å². The number of nitrogens with one attached hydrogen (secondary N) is 1. The second kappa shape index (κ2) is 6.08. The molecule has 0 spiro atoms. The van der Waals surface area contributed by atoms with Gasteiger partial charge in [0.15, 0.2) is 17.3 Å². The molecule has 1 amide bonds. The molecule has 0 radical (unpaired) electrons. The first-order valence-corrected chi connectivity index (χ1v) is 7.06. The molecule has 2 aromatic carbocycles. The number of anilines is 1. The Morgan fingerprint density at radius 2 is 1.78 bits per heavy atom. The lowest BCUT2D eigenvalue weighted by atomic mass is 10.1.